The molecule has 5 heteroatoms. The fourth-order valence-electron chi connectivity index (χ4n) is 6.83. The number of unbranched alkanes of at least 4 members (excludes halogenated alkanes) is 26. The molecule has 330 valence electrons. The largest absolute Gasteiger partial charge is 0.462 e. The van der Waals surface area contributed by atoms with E-state index in [4.69, 9.17) is 9.47 Å². The third kappa shape index (κ3) is 46.2. The van der Waals surface area contributed by atoms with Crippen molar-refractivity contribution in [2.24, 2.45) is 0 Å². The molecule has 1 unspecified atom stereocenters. The average molecular weight is 797 g/mol. The molecule has 0 heterocycles. The van der Waals surface area contributed by atoms with Gasteiger partial charge in [0.25, 0.3) is 0 Å². The van der Waals surface area contributed by atoms with Gasteiger partial charge in [0, 0.05) is 12.8 Å². The maximum Gasteiger partial charge on any atom is 0.306 e. The van der Waals surface area contributed by atoms with Gasteiger partial charge in [-0.2, -0.15) is 0 Å². The minimum absolute atomic E-state index is 0.0726. The number of aliphatic hydroxyl groups excluding tert-OH is 1. The molecular formula is C52H92O5. The molecule has 0 aromatic carbocycles. The van der Waals surface area contributed by atoms with E-state index in [1.54, 1.807) is 0 Å². The number of esters is 2. The third-order valence-corrected chi connectivity index (χ3v) is 10.5. The van der Waals surface area contributed by atoms with E-state index in [-0.39, 0.29) is 25.2 Å². The second-order valence-electron chi connectivity index (χ2n) is 16.2. The molecule has 0 aromatic rings. The Balaban J connectivity index is 3.54. The van der Waals surface area contributed by atoms with Crippen molar-refractivity contribution in [1.82, 2.24) is 0 Å². The van der Waals surface area contributed by atoms with Crippen LogP contribution in [0.2, 0.25) is 0 Å². The normalized spacial score (nSPS) is 12.7. The van der Waals surface area contributed by atoms with Gasteiger partial charge >= 0.3 is 11.9 Å². The number of carbonyl (C=O) groups excluding carboxylic acids is 2. The van der Waals surface area contributed by atoms with Crippen molar-refractivity contribution in [3.05, 3.63) is 60.8 Å². The summed E-state index contributed by atoms with van der Waals surface area (Å²) in [7, 11) is 0. The van der Waals surface area contributed by atoms with Gasteiger partial charge in [0.05, 0.1) is 6.61 Å². The van der Waals surface area contributed by atoms with Gasteiger partial charge in [-0.3, -0.25) is 9.59 Å². The zero-order chi connectivity index (χ0) is 41.4. The van der Waals surface area contributed by atoms with Crippen LogP contribution >= 0.6 is 0 Å². The second kappa shape index (κ2) is 48.0. The Morgan fingerprint density at radius 3 is 1.07 bits per heavy atom. The molecule has 0 fully saturated rings. The zero-order valence-corrected chi connectivity index (χ0v) is 37.6. The maximum atomic E-state index is 12.3. The lowest BCUT2D eigenvalue weighted by molar-refractivity contribution is -0.161. The van der Waals surface area contributed by atoms with Gasteiger partial charge in [-0.05, 0) is 83.5 Å². The predicted molar refractivity (Wildman–Crippen MR) is 247 cm³/mol. The molecular weight excluding hydrogens is 705 g/mol. The van der Waals surface area contributed by atoms with E-state index in [9.17, 15) is 14.7 Å². The Hall–Kier alpha value is -2.40. The summed E-state index contributed by atoms with van der Waals surface area (Å²) in [6.45, 7) is 4.11. The molecule has 0 spiro atoms. The van der Waals surface area contributed by atoms with Crippen LogP contribution in [0.3, 0.4) is 0 Å². The summed E-state index contributed by atoms with van der Waals surface area (Å²) in [4.78, 5) is 24.4. The predicted octanol–water partition coefficient (Wildman–Crippen LogP) is 15.9. The summed E-state index contributed by atoms with van der Waals surface area (Å²) in [6, 6.07) is 0. The molecule has 0 aromatic heterocycles. The molecule has 5 nitrogen and oxygen atoms in total. The highest BCUT2D eigenvalue weighted by Gasteiger charge is 2.16. The summed E-state index contributed by atoms with van der Waals surface area (Å²) in [5, 5.41) is 9.61. The Labute approximate surface area is 353 Å². The van der Waals surface area contributed by atoms with Gasteiger partial charge in [0.15, 0.2) is 6.10 Å². The molecule has 1 atom stereocenters. The van der Waals surface area contributed by atoms with E-state index in [2.05, 4.69) is 74.6 Å². The first-order valence-corrected chi connectivity index (χ1v) is 24.3. The van der Waals surface area contributed by atoms with Crippen molar-refractivity contribution in [2.45, 2.75) is 245 Å². The van der Waals surface area contributed by atoms with Crippen LogP contribution < -0.4 is 0 Å². The van der Waals surface area contributed by atoms with E-state index < -0.39 is 6.10 Å². The number of hydrogen-bond donors (Lipinski definition) is 1. The van der Waals surface area contributed by atoms with Crippen LogP contribution in [0.5, 0.6) is 0 Å². The van der Waals surface area contributed by atoms with E-state index in [1.165, 1.54) is 148 Å². The maximum absolute atomic E-state index is 12.3. The number of hydrogen-bond acceptors (Lipinski definition) is 5. The molecule has 0 rings (SSSR count). The number of aliphatic hydroxyl groups is 1. The SMILES string of the molecule is CCCCCC/C=C\C/C=C\CCCCCCCCCC(=O)OCC(CO)OC(=O)CCCCCCCCCCCC/C=C\C/C=C\C/C=C\CCCCCCC. The molecule has 0 bridgehead atoms. The Kier molecular flexibility index (Phi) is 46.0. The van der Waals surface area contributed by atoms with Crippen LogP contribution in [0.25, 0.3) is 0 Å². The smallest absolute Gasteiger partial charge is 0.306 e. The summed E-state index contributed by atoms with van der Waals surface area (Å²) in [5.74, 6) is -0.601. The van der Waals surface area contributed by atoms with E-state index in [0.717, 1.165) is 64.2 Å². The number of rotatable bonds is 44. The van der Waals surface area contributed by atoms with Gasteiger partial charge in [0.2, 0.25) is 0 Å². The van der Waals surface area contributed by atoms with Crippen molar-refractivity contribution >= 4 is 11.9 Å². The van der Waals surface area contributed by atoms with E-state index in [1.807, 2.05) is 0 Å². The fraction of sp³-hybridized carbons (Fsp3) is 0.769. The van der Waals surface area contributed by atoms with Gasteiger partial charge < -0.3 is 14.6 Å². The molecule has 0 aliphatic rings. The molecule has 0 saturated heterocycles. The second-order valence-corrected chi connectivity index (χ2v) is 16.2. The molecule has 57 heavy (non-hydrogen) atoms. The van der Waals surface area contributed by atoms with Crippen molar-refractivity contribution in [3.8, 4) is 0 Å². The summed E-state index contributed by atoms with van der Waals surface area (Å²) in [6.07, 6.45) is 63.0. The molecule has 0 aliphatic heterocycles. The van der Waals surface area contributed by atoms with Crippen LogP contribution in [-0.2, 0) is 19.1 Å². The highest BCUT2D eigenvalue weighted by atomic mass is 16.6. The minimum atomic E-state index is -0.779. The Morgan fingerprint density at radius 1 is 0.404 bits per heavy atom. The van der Waals surface area contributed by atoms with Crippen molar-refractivity contribution in [2.75, 3.05) is 13.2 Å². The van der Waals surface area contributed by atoms with Gasteiger partial charge in [-0.15, -0.1) is 0 Å². The molecule has 0 radical (unpaired) electrons. The fourth-order valence-corrected chi connectivity index (χ4v) is 6.83. The average Bonchev–Trinajstić information content (AvgIpc) is 3.21. The van der Waals surface area contributed by atoms with Crippen molar-refractivity contribution < 1.29 is 24.2 Å². The monoisotopic (exact) mass is 797 g/mol. The summed E-state index contributed by atoms with van der Waals surface area (Å²) in [5.41, 5.74) is 0. The number of allylic oxidation sites excluding steroid dienone is 10. The first-order valence-electron chi connectivity index (χ1n) is 24.3. The number of ether oxygens (including phenoxy) is 2. The highest BCUT2D eigenvalue weighted by molar-refractivity contribution is 5.70. The summed E-state index contributed by atoms with van der Waals surface area (Å²) >= 11 is 0. The quantitative estimate of drug-likeness (QED) is 0.0378. The van der Waals surface area contributed by atoms with Crippen LogP contribution in [0.15, 0.2) is 60.8 Å². The van der Waals surface area contributed by atoms with E-state index >= 15 is 0 Å². The molecule has 0 amide bonds. The van der Waals surface area contributed by atoms with E-state index in [0.29, 0.717) is 12.8 Å². The topological polar surface area (TPSA) is 72.8 Å². The number of carbonyl (C=O) groups is 2. The van der Waals surface area contributed by atoms with Crippen molar-refractivity contribution in [1.29, 1.82) is 0 Å². The zero-order valence-electron chi connectivity index (χ0n) is 37.6. The summed E-state index contributed by atoms with van der Waals surface area (Å²) < 4.78 is 10.7. The van der Waals surface area contributed by atoms with Crippen molar-refractivity contribution in [3.63, 3.8) is 0 Å². The lowest BCUT2D eigenvalue weighted by Crippen LogP contribution is -2.28. The Bertz CT molecular complexity index is 992. The standard InChI is InChI=1S/C52H92O5/c1-3-5-7-9-11-13-15-17-19-21-23-24-25-26-27-28-29-31-33-35-37-39-41-43-45-47-52(55)57-50(48-53)49-56-51(54)46-44-42-40-38-36-34-32-30-22-20-18-16-14-12-10-8-6-4-2/h14-17,20-23,25-26,50,53H,3-13,18-19,24,27-49H2,1-2H3/b16-14-,17-15-,22-20-,23-21-,26-25-. The first-order chi connectivity index (χ1) is 28.1. The van der Waals surface area contributed by atoms with Gasteiger partial charge in [-0.25, -0.2) is 0 Å². The van der Waals surface area contributed by atoms with Gasteiger partial charge in [0.1, 0.15) is 6.61 Å². The molecule has 0 saturated carbocycles. The Morgan fingerprint density at radius 2 is 0.702 bits per heavy atom. The van der Waals surface area contributed by atoms with Crippen LogP contribution in [0.1, 0.15) is 239 Å². The third-order valence-electron chi connectivity index (χ3n) is 10.5. The highest BCUT2D eigenvalue weighted by Crippen LogP contribution is 2.14. The van der Waals surface area contributed by atoms with Crippen LogP contribution in [-0.4, -0.2) is 36.4 Å². The first kappa shape index (κ1) is 54.6. The molecule has 1 N–H and O–H groups in total. The minimum Gasteiger partial charge on any atom is -0.462 e. The lowest BCUT2D eigenvalue weighted by Gasteiger charge is -2.15. The lowest BCUT2D eigenvalue weighted by atomic mass is 10.0. The van der Waals surface area contributed by atoms with Crippen LogP contribution in [0.4, 0.5) is 0 Å². The molecule has 0 aliphatic carbocycles. The van der Waals surface area contributed by atoms with Crippen LogP contribution in [0, 0.1) is 0 Å². The van der Waals surface area contributed by atoms with Gasteiger partial charge in [-0.1, -0.05) is 203 Å².